The highest BCUT2D eigenvalue weighted by Gasteiger charge is 2.06. The van der Waals surface area contributed by atoms with E-state index in [9.17, 15) is 9.59 Å². The van der Waals surface area contributed by atoms with Gasteiger partial charge in [0.2, 0.25) is 5.91 Å². The lowest BCUT2D eigenvalue weighted by Gasteiger charge is -2.05. The Morgan fingerprint density at radius 2 is 1.72 bits per heavy atom. The minimum absolute atomic E-state index is 0.125. The standard InChI is InChI=1S/C19H21N3O3/c1-14-3-5-16(6-4-14)12-21-22-19(24)13-20-18(23)11-15-7-9-17(25-2)10-8-15/h3-10,12H,11,13H2,1-2H3,(H,20,23)(H,22,24)/b21-12+. The van der Waals surface area contributed by atoms with Crippen molar-refractivity contribution >= 4 is 18.0 Å². The summed E-state index contributed by atoms with van der Waals surface area (Å²) in [4.78, 5) is 23.5. The van der Waals surface area contributed by atoms with Crippen LogP contribution < -0.4 is 15.5 Å². The van der Waals surface area contributed by atoms with Gasteiger partial charge in [-0.3, -0.25) is 9.59 Å². The zero-order valence-electron chi connectivity index (χ0n) is 14.3. The van der Waals surface area contributed by atoms with E-state index in [-0.39, 0.29) is 24.8 Å². The molecule has 2 rings (SSSR count). The number of hydrogen-bond donors (Lipinski definition) is 2. The number of aryl methyl sites for hydroxylation is 1. The van der Waals surface area contributed by atoms with Crippen molar-refractivity contribution in [1.82, 2.24) is 10.7 Å². The van der Waals surface area contributed by atoms with E-state index in [1.54, 1.807) is 25.5 Å². The van der Waals surface area contributed by atoms with Gasteiger partial charge in [-0.05, 0) is 30.2 Å². The summed E-state index contributed by atoms with van der Waals surface area (Å²) in [5, 5.41) is 6.42. The van der Waals surface area contributed by atoms with Crippen LogP contribution in [0.2, 0.25) is 0 Å². The Morgan fingerprint density at radius 1 is 1.04 bits per heavy atom. The zero-order chi connectivity index (χ0) is 18.1. The van der Waals surface area contributed by atoms with Gasteiger partial charge in [0.05, 0.1) is 26.3 Å². The summed E-state index contributed by atoms with van der Waals surface area (Å²) in [6.07, 6.45) is 1.75. The Kier molecular flexibility index (Phi) is 6.71. The Morgan fingerprint density at radius 3 is 2.36 bits per heavy atom. The number of nitrogens with zero attached hydrogens (tertiary/aromatic N) is 1. The third-order valence-corrected chi connectivity index (χ3v) is 3.45. The van der Waals surface area contributed by atoms with Crippen LogP contribution in [0.4, 0.5) is 0 Å². The van der Waals surface area contributed by atoms with Crippen LogP contribution in [0.5, 0.6) is 5.75 Å². The van der Waals surface area contributed by atoms with Crippen molar-refractivity contribution in [1.29, 1.82) is 0 Å². The summed E-state index contributed by atoms with van der Waals surface area (Å²) in [6, 6.07) is 14.9. The van der Waals surface area contributed by atoms with E-state index in [0.717, 1.165) is 22.4 Å². The molecule has 0 spiro atoms. The molecular formula is C19H21N3O3. The van der Waals surface area contributed by atoms with Gasteiger partial charge in [0.1, 0.15) is 5.75 Å². The predicted octanol–water partition coefficient (Wildman–Crippen LogP) is 1.81. The molecule has 25 heavy (non-hydrogen) atoms. The molecule has 0 aliphatic rings. The van der Waals surface area contributed by atoms with E-state index < -0.39 is 0 Å². The number of nitrogens with one attached hydrogen (secondary N) is 2. The summed E-state index contributed by atoms with van der Waals surface area (Å²) in [5.41, 5.74) is 5.26. The molecule has 2 aromatic rings. The highest BCUT2D eigenvalue weighted by Crippen LogP contribution is 2.11. The Balaban J connectivity index is 1.71. The van der Waals surface area contributed by atoms with Crippen molar-refractivity contribution < 1.29 is 14.3 Å². The van der Waals surface area contributed by atoms with E-state index >= 15 is 0 Å². The van der Waals surface area contributed by atoms with Gasteiger partial charge < -0.3 is 10.1 Å². The summed E-state index contributed by atoms with van der Waals surface area (Å²) in [6.45, 7) is 1.87. The van der Waals surface area contributed by atoms with Crippen LogP contribution in [-0.4, -0.2) is 31.7 Å². The SMILES string of the molecule is COc1ccc(CC(=O)NCC(=O)N/N=C/c2ccc(C)cc2)cc1. The average Bonchev–Trinajstić information content (AvgIpc) is 2.62. The number of hydrogen-bond acceptors (Lipinski definition) is 4. The van der Waals surface area contributed by atoms with Gasteiger partial charge in [-0.2, -0.15) is 5.10 Å². The molecule has 130 valence electrons. The van der Waals surface area contributed by atoms with Crippen molar-refractivity contribution in [3.05, 3.63) is 65.2 Å². The molecule has 2 N–H and O–H groups in total. The zero-order valence-corrected chi connectivity index (χ0v) is 14.3. The summed E-state index contributed by atoms with van der Waals surface area (Å²) >= 11 is 0. The maximum atomic E-state index is 11.8. The summed E-state index contributed by atoms with van der Waals surface area (Å²) < 4.78 is 5.06. The molecule has 6 heteroatoms. The van der Waals surface area contributed by atoms with E-state index in [4.69, 9.17) is 4.74 Å². The first-order valence-electron chi connectivity index (χ1n) is 7.85. The van der Waals surface area contributed by atoms with Crippen LogP contribution in [0, 0.1) is 6.92 Å². The molecule has 0 atom stereocenters. The largest absolute Gasteiger partial charge is 0.497 e. The lowest BCUT2D eigenvalue weighted by Crippen LogP contribution is -2.35. The van der Waals surface area contributed by atoms with Crippen LogP contribution in [0.3, 0.4) is 0 Å². The topological polar surface area (TPSA) is 79.8 Å². The number of amides is 2. The molecule has 0 saturated carbocycles. The van der Waals surface area contributed by atoms with Crippen molar-refractivity contribution in [3.63, 3.8) is 0 Å². The Labute approximate surface area is 146 Å². The molecular weight excluding hydrogens is 318 g/mol. The quantitative estimate of drug-likeness (QED) is 0.596. The monoisotopic (exact) mass is 339 g/mol. The van der Waals surface area contributed by atoms with Crippen molar-refractivity contribution in [3.8, 4) is 5.75 Å². The minimum atomic E-state index is -0.383. The number of ether oxygens (including phenoxy) is 1. The number of hydrazone groups is 1. The second-order valence-corrected chi connectivity index (χ2v) is 5.51. The van der Waals surface area contributed by atoms with Gasteiger partial charge in [0, 0.05) is 0 Å². The summed E-state index contributed by atoms with van der Waals surface area (Å²) in [5.74, 6) is 0.115. The molecule has 0 saturated heterocycles. The maximum absolute atomic E-state index is 11.8. The van der Waals surface area contributed by atoms with Crippen LogP contribution >= 0.6 is 0 Å². The van der Waals surface area contributed by atoms with Gasteiger partial charge in [-0.1, -0.05) is 42.0 Å². The van der Waals surface area contributed by atoms with Crippen molar-refractivity contribution in [2.45, 2.75) is 13.3 Å². The lowest BCUT2D eigenvalue weighted by atomic mass is 10.1. The fourth-order valence-electron chi connectivity index (χ4n) is 2.04. The van der Waals surface area contributed by atoms with Crippen LogP contribution in [0.1, 0.15) is 16.7 Å². The molecule has 0 heterocycles. The Bertz CT molecular complexity index is 738. The molecule has 0 radical (unpaired) electrons. The number of carbonyl (C=O) groups is 2. The van der Waals surface area contributed by atoms with E-state index in [1.807, 2.05) is 43.3 Å². The van der Waals surface area contributed by atoms with Gasteiger partial charge in [0.25, 0.3) is 5.91 Å². The lowest BCUT2D eigenvalue weighted by molar-refractivity contribution is -0.125. The second kappa shape index (κ2) is 9.22. The normalized spacial score (nSPS) is 10.5. The first-order valence-corrected chi connectivity index (χ1v) is 7.85. The molecule has 2 amide bonds. The van der Waals surface area contributed by atoms with E-state index in [0.29, 0.717) is 0 Å². The number of carbonyl (C=O) groups excluding carboxylic acids is 2. The van der Waals surface area contributed by atoms with E-state index in [1.165, 1.54) is 0 Å². The first-order chi connectivity index (χ1) is 12.1. The highest BCUT2D eigenvalue weighted by molar-refractivity contribution is 5.87. The highest BCUT2D eigenvalue weighted by atomic mass is 16.5. The molecule has 0 aliphatic carbocycles. The average molecular weight is 339 g/mol. The first kappa shape index (κ1) is 18.2. The van der Waals surface area contributed by atoms with Gasteiger partial charge >= 0.3 is 0 Å². The smallest absolute Gasteiger partial charge is 0.259 e. The van der Waals surface area contributed by atoms with Crippen molar-refractivity contribution in [2.75, 3.05) is 13.7 Å². The van der Waals surface area contributed by atoms with Gasteiger partial charge in [-0.25, -0.2) is 5.43 Å². The fourth-order valence-corrected chi connectivity index (χ4v) is 2.04. The Hall–Kier alpha value is -3.15. The number of methoxy groups -OCH3 is 1. The molecule has 0 fully saturated rings. The second-order valence-electron chi connectivity index (χ2n) is 5.51. The maximum Gasteiger partial charge on any atom is 0.259 e. The summed E-state index contributed by atoms with van der Waals surface area (Å²) in [7, 11) is 1.58. The van der Waals surface area contributed by atoms with Crippen LogP contribution in [-0.2, 0) is 16.0 Å². The number of benzene rings is 2. The fraction of sp³-hybridized carbons (Fsp3) is 0.211. The molecule has 0 aromatic heterocycles. The number of rotatable bonds is 7. The molecule has 6 nitrogen and oxygen atoms in total. The molecule has 2 aromatic carbocycles. The molecule has 0 aliphatic heterocycles. The van der Waals surface area contributed by atoms with Crippen LogP contribution in [0.25, 0.3) is 0 Å². The van der Waals surface area contributed by atoms with Gasteiger partial charge in [0.15, 0.2) is 0 Å². The predicted molar refractivity (Wildman–Crippen MR) is 96.6 cm³/mol. The van der Waals surface area contributed by atoms with Crippen LogP contribution in [0.15, 0.2) is 53.6 Å². The third-order valence-electron chi connectivity index (χ3n) is 3.45. The minimum Gasteiger partial charge on any atom is -0.497 e. The van der Waals surface area contributed by atoms with Crippen molar-refractivity contribution in [2.24, 2.45) is 5.10 Å². The molecule has 0 unspecified atom stereocenters. The van der Waals surface area contributed by atoms with Gasteiger partial charge in [-0.15, -0.1) is 0 Å². The third kappa shape index (κ3) is 6.47. The molecule has 0 bridgehead atoms. The van der Waals surface area contributed by atoms with E-state index in [2.05, 4.69) is 15.8 Å².